The summed E-state index contributed by atoms with van der Waals surface area (Å²) in [5.41, 5.74) is 3.19. The van der Waals surface area contributed by atoms with Crippen molar-refractivity contribution in [2.24, 2.45) is 0 Å². The second-order valence-corrected chi connectivity index (χ2v) is 6.10. The van der Waals surface area contributed by atoms with Crippen LogP contribution in [0, 0.1) is 13.8 Å². The fourth-order valence-corrected chi connectivity index (χ4v) is 2.81. The van der Waals surface area contributed by atoms with Crippen molar-refractivity contribution in [2.75, 3.05) is 33.4 Å². The van der Waals surface area contributed by atoms with Gasteiger partial charge < -0.3 is 13.9 Å². The van der Waals surface area contributed by atoms with Crippen molar-refractivity contribution < 1.29 is 13.9 Å². The Balaban J connectivity index is 1.67. The molecule has 124 valence electrons. The van der Waals surface area contributed by atoms with Gasteiger partial charge in [0.25, 0.3) is 0 Å². The van der Waals surface area contributed by atoms with E-state index >= 15 is 0 Å². The van der Waals surface area contributed by atoms with Crippen LogP contribution in [0.4, 0.5) is 0 Å². The molecule has 0 spiro atoms. The Kier molecular flexibility index (Phi) is 5.10. The number of hydrogen-bond acceptors (Lipinski definition) is 5. The van der Waals surface area contributed by atoms with Crippen LogP contribution >= 0.6 is 0 Å². The zero-order valence-corrected chi connectivity index (χ0v) is 14.0. The topological polar surface area (TPSA) is 47.7 Å². The van der Waals surface area contributed by atoms with Crippen molar-refractivity contribution in [3.63, 3.8) is 0 Å². The molecule has 1 saturated heterocycles. The zero-order chi connectivity index (χ0) is 16.2. The average Bonchev–Trinajstić information content (AvgIpc) is 2.89. The molecule has 1 aromatic heterocycles. The number of likely N-dealkylation sites (N-methyl/N-ethyl adjacent to an activating group) is 1. The largest absolute Gasteiger partial charge is 0.441 e. The van der Waals surface area contributed by atoms with Crippen molar-refractivity contribution in [2.45, 2.75) is 26.5 Å². The highest BCUT2D eigenvalue weighted by Gasteiger charge is 2.19. The Bertz CT molecular complexity index is 647. The predicted octanol–water partition coefficient (Wildman–Crippen LogP) is 2.81. The van der Waals surface area contributed by atoms with E-state index in [1.165, 1.54) is 5.56 Å². The first kappa shape index (κ1) is 16.2. The van der Waals surface area contributed by atoms with Crippen molar-refractivity contribution >= 4 is 0 Å². The molecule has 3 rings (SSSR count). The minimum Gasteiger partial charge on any atom is -0.441 e. The number of benzene rings is 1. The summed E-state index contributed by atoms with van der Waals surface area (Å²) in [6.45, 7) is 7.64. The molecule has 1 fully saturated rings. The summed E-state index contributed by atoms with van der Waals surface area (Å²) < 4.78 is 17.0. The van der Waals surface area contributed by atoms with E-state index in [9.17, 15) is 0 Å². The number of aryl methyl sites for hydroxylation is 2. The summed E-state index contributed by atoms with van der Waals surface area (Å²) in [6, 6.07) is 8.14. The molecule has 0 aliphatic carbocycles. The van der Waals surface area contributed by atoms with Gasteiger partial charge in [-0.2, -0.15) is 0 Å². The Morgan fingerprint density at radius 3 is 2.78 bits per heavy atom. The highest BCUT2D eigenvalue weighted by molar-refractivity contribution is 5.58. The van der Waals surface area contributed by atoms with Crippen molar-refractivity contribution in [3.8, 4) is 11.5 Å². The van der Waals surface area contributed by atoms with Gasteiger partial charge >= 0.3 is 0 Å². The monoisotopic (exact) mass is 316 g/mol. The third kappa shape index (κ3) is 3.99. The molecule has 1 aliphatic heterocycles. The Morgan fingerprint density at radius 2 is 2.04 bits per heavy atom. The molecule has 0 unspecified atom stereocenters. The van der Waals surface area contributed by atoms with Crippen LogP contribution in [0.1, 0.15) is 17.0 Å². The normalized spacial score (nSPS) is 18.5. The second kappa shape index (κ2) is 7.25. The van der Waals surface area contributed by atoms with Crippen molar-refractivity contribution in [3.05, 3.63) is 41.3 Å². The standard InChI is InChI=1S/C18H24N2O3/c1-13-6-4-5-7-16(13)18-19-17(14(2)23-18)11-20(3)10-15-12-21-8-9-22-15/h4-7,15H,8-12H2,1-3H3/t15-/m0/s1. The fraction of sp³-hybridized carbons (Fsp3) is 0.500. The fourth-order valence-electron chi connectivity index (χ4n) is 2.81. The molecule has 5 heteroatoms. The van der Waals surface area contributed by atoms with Crippen LogP contribution in [0.2, 0.25) is 0 Å². The summed E-state index contributed by atoms with van der Waals surface area (Å²) in [6.07, 6.45) is 0.136. The quantitative estimate of drug-likeness (QED) is 0.849. The van der Waals surface area contributed by atoms with E-state index in [4.69, 9.17) is 18.9 Å². The van der Waals surface area contributed by atoms with Crippen LogP contribution in [0.5, 0.6) is 0 Å². The lowest BCUT2D eigenvalue weighted by molar-refractivity contribution is -0.0963. The van der Waals surface area contributed by atoms with Gasteiger partial charge in [0.2, 0.25) is 5.89 Å². The van der Waals surface area contributed by atoms with Gasteiger partial charge in [-0.3, -0.25) is 4.90 Å². The summed E-state index contributed by atoms with van der Waals surface area (Å²) in [5, 5.41) is 0. The molecule has 1 atom stereocenters. The van der Waals surface area contributed by atoms with Gasteiger partial charge in [0.05, 0.1) is 31.6 Å². The van der Waals surface area contributed by atoms with E-state index in [1.54, 1.807) is 0 Å². The van der Waals surface area contributed by atoms with E-state index in [2.05, 4.69) is 24.9 Å². The van der Waals surface area contributed by atoms with Crippen molar-refractivity contribution in [1.29, 1.82) is 0 Å². The maximum Gasteiger partial charge on any atom is 0.226 e. The minimum atomic E-state index is 0.136. The Hall–Kier alpha value is -1.69. The number of rotatable bonds is 5. The molecule has 1 aliphatic rings. The number of oxazole rings is 1. The average molecular weight is 316 g/mol. The molecule has 23 heavy (non-hydrogen) atoms. The maximum atomic E-state index is 5.88. The van der Waals surface area contributed by atoms with Crippen LogP contribution < -0.4 is 0 Å². The molecule has 0 bridgehead atoms. The Labute approximate surface area is 137 Å². The van der Waals surface area contributed by atoms with E-state index in [-0.39, 0.29) is 6.10 Å². The lowest BCUT2D eigenvalue weighted by Crippen LogP contribution is -2.38. The molecular formula is C18H24N2O3. The number of nitrogens with zero attached hydrogens (tertiary/aromatic N) is 2. The van der Waals surface area contributed by atoms with E-state index in [0.29, 0.717) is 25.7 Å². The summed E-state index contributed by atoms with van der Waals surface area (Å²) >= 11 is 0. The lowest BCUT2D eigenvalue weighted by atomic mass is 10.1. The first-order chi connectivity index (χ1) is 11.1. The molecular weight excluding hydrogens is 292 g/mol. The number of hydrogen-bond donors (Lipinski definition) is 0. The molecule has 2 heterocycles. The first-order valence-electron chi connectivity index (χ1n) is 8.03. The third-order valence-electron chi connectivity index (χ3n) is 4.09. The first-order valence-corrected chi connectivity index (χ1v) is 8.03. The highest BCUT2D eigenvalue weighted by Crippen LogP contribution is 2.25. The lowest BCUT2D eigenvalue weighted by Gasteiger charge is -2.27. The van der Waals surface area contributed by atoms with Gasteiger partial charge in [0.1, 0.15) is 5.76 Å². The van der Waals surface area contributed by atoms with Crippen LogP contribution in [0.3, 0.4) is 0 Å². The molecule has 5 nitrogen and oxygen atoms in total. The van der Waals surface area contributed by atoms with Gasteiger partial charge in [0.15, 0.2) is 0 Å². The molecule has 0 N–H and O–H groups in total. The smallest absolute Gasteiger partial charge is 0.226 e. The van der Waals surface area contributed by atoms with Gasteiger partial charge in [-0.05, 0) is 32.5 Å². The van der Waals surface area contributed by atoms with Gasteiger partial charge in [0, 0.05) is 18.7 Å². The maximum absolute atomic E-state index is 5.88. The summed E-state index contributed by atoms with van der Waals surface area (Å²) in [5.74, 6) is 1.57. The second-order valence-electron chi connectivity index (χ2n) is 6.10. The summed E-state index contributed by atoms with van der Waals surface area (Å²) in [4.78, 5) is 6.89. The number of aromatic nitrogens is 1. The van der Waals surface area contributed by atoms with Crippen LogP contribution in [0.25, 0.3) is 11.5 Å². The Morgan fingerprint density at radius 1 is 1.22 bits per heavy atom. The minimum absolute atomic E-state index is 0.136. The summed E-state index contributed by atoms with van der Waals surface area (Å²) in [7, 11) is 2.07. The molecule has 2 aromatic rings. The van der Waals surface area contributed by atoms with Gasteiger partial charge in [-0.1, -0.05) is 18.2 Å². The van der Waals surface area contributed by atoms with Crippen molar-refractivity contribution in [1.82, 2.24) is 9.88 Å². The predicted molar refractivity (Wildman–Crippen MR) is 88.3 cm³/mol. The van der Waals surface area contributed by atoms with Crippen LogP contribution in [-0.2, 0) is 16.0 Å². The van der Waals surface area contributed by atoms with Crippen LogP contribution in [0.15, 0.2) is 28.7 Å². The zero-order valence-electron chi connectivity index (χ0n) is 14.0. The molecule has 0 saturated carbocycles. The highest BCUT2D eigenvalue weighted by atomic mass is 16.6. The van der Waals surface area contributed by atoms with Crippen LogP contribution in [-0.4, -0.2) is 49.4 Å². The SMILES string of the molecule is Cc1ccccc1-c1nc(CN(C)C[C@H]2COCCO2)c(C)o1. The molecule has 1 aromatic carbocycles. The van der Waals surface area contributed by atoms with Gasteiger partial charge in [-0.25, -0.2) is 4.98 Å². The third-order valence-corrected chi connectivity index (χ3v) is 4.09. The van der Waals surface area contributed by atoms with E-state index in [0.717, 1.165) is 30.1 Å². The van der Waals surface area contributed by atoms with E-state index in [1.807, 2.05) is 25.1 Å². The molecule has 0 radical (unpaired) electrons. The molecule has 0 amide bonds. The van der Waals surface area contributed by atoms with E-state index < -0.39 is 0 Å². The van der Waals surface area contributed by atoms with Gasteiger partial charge in [-0.15, -0.1) is 0 Å². The number of ether oxygens (including phenoxy) is 2.